The van der Waals surface area contributed by atoms with Gasteiger partial charge in [0, 0.05) is 19.8 Å². The molecule has 0 aliphatic carbocycles. The lowest BCUT2D eigenvalue weighted by Gasteiger charge is -2.17. The van der Waals surface area contributed by atoms with Crippen molar-refractivity contribution in [3.05, 3.63) is 30.1 Å². The minimum atomic E-state index is -2.94. The van der Waals surface area contributed by atoms with E-state index in [4.69, 9.17) is 4.74 Å². The highest BCUT2D eigenvalue weighted by Gasteiger charge is 2.06. The summed E-state index contributed by atoms with van der Waals surface area (Å²) in [5, 5.41) is 6.13. The fourth-order valence-electron chi connectivity index (χ4n) is 1.79. The molecule has 1 rings (SSSR count). The zero-order valence-corrected chi connectivity index (χ0v) is 17.2. The van der Waals surface area contributed by atoms with Crippen molar-refractivity contribution in [2.24, 2.45) is 4.99 Å². The molecule has 1 aromatic rings. The Morgan fingerprint density at radius 1 is 1.29 bits per heavy atom. The molecular weight excluding hydrogens is 448 g/mol. The van der Waals surface area contributed by atoms with Crippen LogP contribution in [0.1, 0.15) is 13.3 Å². The fourth-order valence-corrected chi connectivity index (χ4v) is 2.46. The lowest BCUT2D eigenvalue weighted by atomic mass is 10.3. The summed E-state index contributed by atoms with van der Waals surface area (Å²) in [7, 11) is -1.30. The first-order valence-electron chi connectivity index (χ1n) is 7.34. The molecule has 24 heavy (non-hydrogen) atoms. The number of sulfone groups is 1. The summed E-state index contributed by atoms with van der Waals surface area (Å²) in [6.07, 6.45) is 1.59. The van der Waals surface area contributed by atoms with E-state index in [0.717, 1.165) is 0 Å². The first-order chi connectivity index (χ1) is 10.8. The maximum atomic E-state index is 12.8. The first kappa shape index (κ1) is 22.9. The van der Waals surface area contributed by atoms with Gasteiger partial charge in [-0.05, 0) is 37.6 Å². The van der Waals surface area contributed by atoms with Gasteiger partial charge in [-0.1, -0.05) is 0 Å². The average molecular weight is 473 g/mol. The topological polar surface area (TPSA) is 79.8 Å². The number of nitrogens with one attached hydrogen (secondary N) is 2. The van der Waals surface area contributed by atoms with Gasteiger partial charge < -0.3 is 15.4 Å². The van der Waals surface area contributed by atoms with Crippen molar-refractivity contribution < 1.29 is 17.5 Å². The molecule has 0 spiro atoms. The van der Waals surface area contributed by atoms with Gasteiger partial charge in [0.1, 0.15) is 27.5 Å². The molecule has 1 atom stereocenters. The number of hydrogen-bond donors (Lipinski definition) is 2. The third-order valence-electron chi connectivity index (χ3n) is 2.92. The van der Waals surface area contributed by atoms with E-state index in [1.165, 1.54) is 18.4 Å². The van der Waals surface area contributed by atoms with E-state index in [1.54, 1.807) is 19.2 Å². The van der Waals surface area contributed by atoms with E-state index in [1.807, 2.05) is 6.92 Å². The van der Waals surface area contributed by atoms with Crippen molar-refractivity contribution in [1.29, 1.82) is 0 Å². The summed E-state index contributed by atoms with van der Waals surface area (Å²) in [4.78, 5) is 4.05. The van der Waals surface area contributed by atoms with Crippen LogP contribution in [0.2, 0.25) is 0 Å². The van der Waals surface area contributed by atoms with Gasteiger partial charge in [0.2, 0.25) is 0 Å². The van der Waals surface area contributed by atoms with Crippen LogP contribution in [-0.2, 0) is 9.84 Å². The predicted octanol–water partition coefficient (Wildman–Crippen LogP) is 1.81. The van der Waals surface area contributed by atoms with E-state index >= 15 is 0 Å². The van der Waals surface area contributed by atoms with Crippen molar-refractivity contribution in [3.63, 3.8) is 0 Å². The van der Waals surface area contributed by atoms with Crippen LogP contribution in [0, 0.1) is 5.82 Å². The molecule has 0 saturated carbocycles. The number of rotatable bonds is 8. The number of nitrogens with zero attached hydrogens (tertiary/aromatic N) is 1. The molecule has 0 radical (unpaired) electrons. The second-order valence-electron chi connectivity index (χ2n) is 5.25. The van der Waals surface area contributed by atoms with Gasteiger partial charge in [0.15, 0.2) is 5.96 Å². The molecule has 6 nitrogen and oxygen atoms in total. The Balaban J connectivity index is 0.00000529. The molecule has 1 unspecified atom stereocenters. The zero-order chi connectivity index (χ0) is 17.3. The SMILES string of the molecule is CN=C(NCCCS(C)(=O)=O)NCC(C)Oc1ccc(F)cc1.I. The quantitative estimate of drug-likeness (QED) is 0.261. The second kappa shape index (κ2) is 11.5. The Hall–Kier alpha value is -1.10. The van der Waals surface area contributed by atoms with E-state index in [0.29, 0.717) is 31.2 Å². The number of aliphatic imine (C=N–C) groups is 1. The lowest BCUT2D eigenvalue weighted by molar-refractivity contribution is 0.223. The second-order valence-corrected chi connectivity index (χ2v) is 7.51. The number of halogens is 2. The van der Waals surface area contributed by atoms with E-state index < -0.39 is 9.84 Å². The predicted molar refractivity (Wildman–Crippen MR) is 106 cm³/mol. The van der Waals surface area contributed by atoms with Crippen molar-refractivity contribution in [1.82, 2.24) is 10.6 Å². The molecule has 0 saturated heterocycles. The number of benzene rings is 1. The van der Waals surface area contributed by atoms with Crippen LogP contribution in [0.5, 0.6) is 5.75 Å². The highest BCUT2D eigenvalue weighted by molar-refractivity contribution is 14.0. The average Bonchev–Trinajstić information content (AvgIpc) is 2.48. The molecule has 2 N–H and O–H groups in total. The summed E-state index contributed by atoms with van der Waals surface area (Å²) >= 11 is 0. The molecule has 9 heteroatoms. The summed E-state index contributed by atoms with van der Waals surface area (Å²) in [5.74, 6) is 1.01. The molecule has 0 amide bonds. The largest absolute Gasteiger partial charge is 0.489 e. The van der Waals surface area contributed by atoms with Gasteiger partial charge in [-0.15, -0.1) is 24.0 Å². The highest BCUT2D eigenvalue weighted by Crippen LogP contribution is 2.12. The van der Waals surface area contributed by atoms with Crippen molar-refractivity contribution in [2.75, 3.05) is 32.1 Å². The van der Waals surface area contributed by atoms with E-state index in [9.17, 15) is 12.8 Å². The smallest absolute Gasteiger partial charge is 0.191 e. The van der Waals surface area contributed by atoms with E-state index in [-0.39, 0.29) is 41.7 Å². The fraction of sp³-hybridized carbons (Fsp3) is 0.533. The Labute approximate surface area is 160 Å². The number of guanidine groups is 1. The molecule has 0 bridgehead atoms. The first-order valence-corrected chi connectivity index (χ1v) is 9.40. The maximum Gasteiger partial charge on any atom is 0.191 e. The molecule has 0 heterocycles. The zero-order valence-electron chi connectivity index (χ0n) is 14.1. The molecule has 0 aromatic heterocycles. The molecule has 0 aliphatic rings. The summed E-state index contributed by atoms with van der Waals surface area (Å²) in [5.41, 5.74) is 0. The van der Waals surface area contributed by atoms with Gasteiger partial charge in [0.25, 0.3) is 0 Å². The lowest BCUT2D eigenvalue weighted by Crippen LogP contribution is -2.42. The van der Waals surface area contributed by atoms with Crippen LogP contribution in [0.15, 0.2) is 29.3 Å². The normalized spacial score (nSPS) is 12.9. The number of hydrogen-bond acceptors (Lipinski definition) is 4. The van der Waals surface area contributed by atoms with Gasteiger partial charge >= 0.3 is 0 Å². The van der Waals surface area contributed by atoms with Crippen molar-refractivity contribution in [3.8, 4) is 5.75 Å². The minimum Gasteiger partial charge on any atom is -0.489 e. The van der Waals surface area contributed by atoms with Crippen molar-refractivity contribution >= 4 is 39.8 Å². The monoisotopic (exact) mass is 473 g/mol. The summed E-state index contributed by atoms with van der Waals surface area (Å²) < 4.78 is 40.5. The van der Waals surface area contributed by atoms with Crippen LogP contribution in [0.25, 0.3) is 0 Å². The standard InChI is InChI=1S/C15H24FN3O3S.HI/c1-12(22-14-7-5-13(16)6-8-14)11-19-15(17-2)18-9-4-10-23(3,20)21;/h5-8,12H,4,9-11H2,1-3H3,(H2,17,18,19);1H. The third kappa shape index (κ3) is 10.6. The number of ether oxygens (including phenoxy) is 1. The van der Waals surface area contributed by atoms with Gasteiger partial charge in [-0.2, -0.15) is 0 Å². The Morgan fingerprint density at radius 3 is 2.46 bits per heavy atom. The van der Waals surface area contributed by atoms with E-state index in [2.05, 4.69) is 15.6 Å². The van der Waals surface area contributed by atoms with Gasteiger partial charge in [0.05, 0.1) is 12.3 Å². The van der Waals surface area contributed by atoms with Gasteiger partial charge in [-0.3, -0.25) is 4.99 Å². The molecular formula is C15H25FIN3O3S. The van der Waals surface area contributed by atoms with Crippen molar-refractivity contribution in [2.45, 2.75) is 19.4 Å². The summed E-state index contributed by atoms with van der Waals surface area (Å²) in [6.45, 7) is 2.90. The van der Waals surface area contributed by atoms with Crippen LogP contribution in [0.3, 0.4) is 0 Å². The maximum absolute atomic E-state index is 12.8. The summed E-state index contributed by atoms with van der Waals surface area (Å²) in [6, 6.07) is 5.84. The van der Waals surface area contributed by atoms with Crippen LogP contribution < -0.4 is 15.4 Å². The molecule has 1 aromatic carbocycles. The Morgan fingerprint density at radius 2 is 1.92 bits per heavy atom. The van der Waals surface area contributed by atoms with Crippen LogP contribution >= 0.6 is 24.0 Å². The third-order valence-corrected chi connectivity index (χ3v) is 3.95. The van der Waals surface area contributed by atoms with Crippen LogP contribution in [0.4, 0.5) is 4.39 Å². The minimum absolute atomic E-state index is 0. The van der Waals surface area contributed by atoms with Crippen LogP contribution in [-0.4, -0.2) is 52.6 Å². The molecule has 138 valence electrons. The van der Waals surface area contributed by atoms with Gasteiger partial charge in [-0.25, -0.2) is 12.8 Å². The molecule has 0 fully saturated rings. The Kier molecular flexibility index (Phi) is 10.9. The molecule has 0 aliphatic heterocycles. The highest BCUT2D eigenvalue weighted by atomic mass is 127. The Bertz CT molecular complexity index is 609.